The van der Waals surface area contributed by atoms with Crippen LogP contribution in [-0.4, -0.2) is 22.4 Å². The Morgan fingerprint density at radius 2 is 2.50 bits per heavy atom. The third-order valence-electron chi connectivity index (χ3n) is 1.12. The summed E-state index contributed by atoms with van der Waals surface area (Å²) in [6.07, 6.45) is -2.05. The zero-order chi connectivity index (χ0) is 10.6. The number of nitrogen functional groups attached to an aromatic ring is 1. The van der Waals surface area contributed by atoms with Gasteiger partial charge in [-0.15, -0.1) is 0 Å². The fraction of sp³-hybridized carbons (Fsp3) is 0.400. The van der Waals surface area contributed by atoms with Gasteiger partial charge in [0.25, 0.3) is 0 Å². The second-order valence-corrected chi connectivity index (χ2v) is 2.84. The van der Waals surface area contributed by atoms with Crippen molar-refractivity contribution in [1.82, 2.24) is 9.36 Å². The van der Waals surface area contributed by atoms with E-state index in [2.05, 4.69) is 24.6 Å². The SMILES string of the molecule is CON=NC(=O)C(F)c1nsc(N)n1. The molecule has 1 aromatic rings. The molecule has 7 nitrogen and oxygen atoms in total. The first-order valence-electron chi connectivity index (χ1n) is 3.36. The maximum Gasteiger partial charge on any atom is 0.309 e. The minimum atomic E-state index is -2.05. The summed E-state index contributed by atoms with van der Waals surface area (Å²) in [7, 11) is 1.18. The first kappa shape index (κ1) is 10.4. The topological polar surface area (TPSA) is 103 Å². The van der Waals surface area contributed by atoms with E-state index in [4.69, 9.17) is 5.73 Å². The maximum atomic E-state index is 13.1. The van der Waals surface area contributed by atoms with Crippen molar-refractivity contribution in [3.8, 4) is 0 Å². The Hall–Kier alpha value is -1.64. The molecule has 0 saturated carbocycles. The molecule has 1 amide bonds. The van der Waals surface area contributed by atoms with Crippen LogP contribution in [0.3, 0.4) is 0 Å². The van der Waals surface area contributed by atoms with E-state index in [0.717, 1.165) is 11.5 Å². The Bertz CT molecular complexity index is 354. The molecule has 1 atom stereocenters. The third kappa shape index (κ3) is 2.42. The number of carbonyl (C=O) groups is 1. The van der Waals surface area contributed by atoms with Crippen molar-refractivity contribution in [2.45, 2.75) is 6.17 Å². The average molecular weight is 219 g/mol. The molecule has 0 aromatic carbocycles. The third-order valence-corrected chi connectivity index (χ3v) is 1.68. The Morgan fingerprint density at radius 3 is 3.00 bits per heavy atom. The molecule has 9 heteroatoms. The molecule has 1 unspecified atom stereocenters. The fourth-order valence-electron chi connectivity index (χ4n) is 0.592. The van der Waals surface area contributed by atoms with Crippen molar-refractivity contribution >= 4 is 22.6 Å². The minimum Gasteiger partial charge on any atom is -0.383 e. The molecule has 1 rings (SSSR count). The van der Waals surface area contributed by atoms with Gasteiger partial charge < -0.3 is 10.6 Å². The molecular weight excluding hydrogens is 213 g/mol. The van der Waals surface area contributed by atoms with Gasteiger partial charge in [0.2, 0.25) is 6.17 Å². The first-order valence-corrected chi connectivity index (χ1v) is 4.13. The van der Waals surface area contributed by atoms with E-state index in [1.54, 1.807) is 0 Å². The second-order valence-electron chi connectivity index (χ2n) is 2.06. The highest BCUT2D eigenvalue weighted by Gasteiger charge is 2.24. The lowest BCUT2D eigenvalue weighted by molar-refractivity contribution is -0.124. The molecule has 0 aliphatic rings. The zero-order valence-electron chi connectivity index (χ0n) is 7.05. The number of nitrogens with two attached hydrogens (primary N) is 1. The van der Waals surface area contributed by atoms with E-state index in [9.17, 15) is 9.18 Å². The second kappa shape index (κ2) is 4.56. The summed E-state index contributed by atoms with van der Waals surface area (Å²) < 4.78 is 16.6. The summed E-state index contributed by atoms with van der Waals surface area (Å²) in [5, 5.41) is 5.86. The van der Waals surface area contributed by atoms with Gasteiger partial charge in [-0.25, -0.2) is 4.39 Å². The predicted molar refractivity (Wildman–Crippen MR) is 45.0 cm³/mol. The van der Waals surface area contributed by atoms with Crippen LogP contribution in [0.2, 0.25) is 0 Å². The first-order chi connectivity index (χ1) is 6.65. The number of hydrogen-bond donors (Lipinski definition) is 1. The van der Waals surface area contributed by atoms with Crippen LogP contribution in [0.4, 0.5) is 9.52 Å². The lowest BCUT2D eigenvalue weighted by atomic mass is 10.3. The van der Waals surface area contributed by atoms with E-state index in [-0.39, 0.29) is 11.0 Å². The number of nitrogens with zero attached hydrogens (tertiary/aromatic N) is 4. The summed E-state index contributed by atoms with van der Waals surface area (Å²) in [4.78, 5) is 18.5. The summed E-state index contributed by atoms with van der Waals surface area (Å²) >= 11 is 0.795. The number of rotatable bonds is 3. The molecular formula is C5H6FN5O2S. The Labute approximate surface area is 81.9 Å². The molecule has 2 N–H and O–H groups in total. The Kier molecular flexibility index (Phi) is 3.40. The van der Waals surface area contributed by atoms with Gasteiger partial charge in [0, 0.05) is 16.8 Å². The van der Waals surface area contributed by atoms with Crippen molar-refractivity contribution in [2.24, 2.45) is 10.4 Å². The highest BCUT2D eigenvalue weighted by molar-refractivity contribution is 7.09. The predicted octanol–water partition coefficient (Wildman–Crippen LogP) is 0.671. The van der Waals surface area contributed by atoms with Crippen molar-refractivity contribution < 1.29 is 14.0 Å². The Morgan fingerprint density at radius 1 is 1.79 bits per heavy atom. The van der Waals surface area contributed by atoms with Crippen LogP contribution in [0, 0.1) is 0 Å². The molecule has 0 bridgehead atoms. The smallest absolute Gasteiger partial charge is 0.309 e. The number of halogens is 1. The highest BCUT2D eigenvalue weighted by Crippen LogP contribution is 2.18. The molecule has 0 fully saturated rings. The average Bonchev–Trinajstić information content (AvgIpc) is 2.60. The van der Waals surface area contributed by atoms with Gasteiger partial charge in [0.05, 0.1) is 0 Å². The van der Waals surface area contributed by atoms with Gasteiger partial charge in [-0.2, -0.15) is 9.36 Å². The monoisotopic (exact) mass is 219 g/mol. The number of anilines is 1. The fourth-order valence-corrected chi connectivity index (χ4v) is 1.05. The highest BCUT2D eigenvalue weighted by atomic mass is 32.1. The van der Waals surface area contributed by atoms with Crippen LogP contribution in [0.15, 0.2) is 10.4 Å². The molecule has 1 heterocycles. The molecule has 0 saturated heterocycles. The molecule has 14 heavy (non-hydrogen) atoms. The van der Waals surface area contributed by atoms with Gasteiger partial charge in [0.15, 0.2) is 11.0 Å². The Balaban J connectivity index is 2.70. The van der Waals surface area contributed by atoms with Gasteiger partial charge in [-0.3, -0.25) is 4.79 Å². The molecule has 0 aliphatic carbocycles. The standard InChI is InChI=1S/C5H6FN5O2S/c1-13-11-9-4(12)2(6)3-8-5(7)14-10-3/h2H,1H3,(H2,7,8,10). The van der Waals surface area contributed by atoms with Gasteiger partial charge in [0.1, 0.15) is 7.11 Å². The summed E-state index contributed by atoms with van der Waals surface area (Å²) in [5.41, 5.74) is 5.20. The van der Waals surface area contributed by atoms with Gasteiger partial charge in [-0.1, -0.05) is 5.11 Å². The number of carbonyl (C=O) groups excluding carboxylic acids is 1. The van der Waals surface area contributed by atoms with Crippen LogP contribution in [0.1, 0.15) is 12.0 Å². The van der Waals surface area contributed by atoms with Crippen LogP contribution in [-0.2, 0) is 9.63 Å². The maximum absolute atomic E-state index is 13.1. The molecule has 76 valence electrons. The lowest BCUT2D eigenvalue weighted by Crippen LogP contribution is -2.06. The van der Waals surface area contributed by atoms with E-state index in [1.165, 1.54) is 7.11 Å². The van der Waals surface area contributed by atoms with Crippen LogP contribution < -0.4 is 5.73 Å². The number of amides is 1. The summed E-state index contributed by atoms with van der Waals surface area (Å²) in [5.74, 6) is -1.45. The van der Waals surface area contributed by atoms with E-state index in [1.807, 2.05) is 0 Å². The van der Waals surface area contributed by atoms with Crippen LogP contribution in [0.25, 0.3) is 0 Å². The minimum absolute atomic E-state index is 0.0825. The number of hydrogen-bond acceptors (Lipinski definition) is 7. The van der Waals surface area contributed by atoms with Crippen molar-refractivity contribution in [1.29, 1.82) is 0 Å². The molecule has 1 aromatic heterocycles. The van der Waals surface area contributed by atoms with E-state index < -0.39 is 12.1 Å². The van der Waals surface area contributed by atoms with Gasteiger partial charge in [-0.05, 0) is 0 Å². The van der Waals surface area contributed by atoms with Crippen LogP contribution >= 0.6 is 11.5 Å². The largest absolute Gasteiger partial charge is 0.383 e. The summed E-state index contributed by atoms with van der Waals surface area (Å²) in [6.45, 7) is 0. The molecule has 0 aliphatic heterocycles. The van der Waals surface area contributed by atoms with Crippen LogP contribution in [0.5, 0.6) is 0 Å². The van der Waals surface area contributed by atoms with Gasteiger partial charge >= 0.3 is 5.91 Å². The normalized spacial score (nSPS) is 13.0. The zero-order valence-corrected chi connectivity index (χ0v) is 7.86. The number of aromatic nitrogens is 2. The van der Waals surface area contributed by atoms with E-state index in [0.29, 0.717) is 0 Å². The lowest BCUT2D eigenvalue weighted by Gasteiger charge is -1.95. The number of alkyl halides is 1. The molecule has 0 spiro atoms. The van der Waals surface area contributed by atoms with Crippen molar-refractivity contribution in [3.05, 3.63) is 5.82 Å². The quantitative estimate of drug-likeness (QED) is 0.594. The van der Waals surface area contributed by atoms with E-state index >= 15 is 0 Å². The molecule has 0 radical (unpaired) electrons. The van der Waals surface area contributed by atoms with Crippen molar-refractivity contribution in [3.63, 3.8) is 0 Å². The van der Waals surface area contributed by atoms with Crippen molar-refractivity contribution in [2.75, 3.05) is 12.8 Å². The summed E-state index contributed by atoms with van der Waals surface area (Å²) in [6, 6.07) is 0.